The van der Waals surface area contributed by atoms with Crippen molar-refractivity contribution in [2.75, 3.05) is 30.3 Å². The molecule has 0 aliphatic carbocycles. The topological polar surface area (TPSA) is 106 Å². The highest BCUT2D eigenvalue weighted by atomic mass is 19.3. The second-order valence-electron chi connectivity index (χ2n) is 3.80. The van der Waals surface area contributed by atoms with Gasteiger partial charge in [-0.3, -0.25) is 0 Å². The Bertz CT molecular complexity index is 549. The molecule has 0 atom stereocenters. The van der Waals surface area contributed by atoms with E-state index in [0.29, 0.717) is 0 Å². The van der Waals surface area contributed by atoms with Gasteiger partial charge >= 0.3 is 0 Å². The van der Waals surface area contributed by atoms with Crippen LogP contribution < -0.4 is 10.6 Å². The van der Waals surface area contributed by atoms with Crippen LogP contribution in [0, 0.1) is 0 Å². The standard InChI is InChI=1S/C10H13F2N7O/c11-7(12)6-18(4-5-20)9-15-8(13)16-10(17-9)19-3-1-2-14-19/h1-3,7,20H,4-6H2,(H2,13,15,16,17). The summed E-state index contributed by atoms with van der Waals surface area (Å²) in [7, 11) is 0. The van der Waals surface area contributed by atoms with Crippen LogP contribution in [0.2, 0.25) is 0 Å². The van der Waals surface area contributed by atoms with Gasteiger partial charge in [0.05, 0.1) is 13.2 Å². The molecule has 3 N–H and O–H groups in total. The number of nitrogens with zero attached hydrogens (tertiary/aromatic N) is 6. The molecule has 0 bridgehead atoms. The lowest BCUT2D eigenvalue weighted by atomic mass is 10.5. The van der Waals surface area contributed by atoms with Crippen molar-refractivity contribution >= 4 is 11.9 Å². The highest BCUT2D eigenvalue weighted by Gasteiger charge is 2.17. The number of aromatic nitrogens is 5. The van der Waals surface area contributed by atoms with Crippen LogP contribution in [0.5, 0.6) is 0 Å². The molecule has 2 rings (SSSR count). The Hall–Kier alpha value is -2.36. The number of rotatable bonds is 6. The fourth-order valence-electron chi connectivity index (χ4n) is 1.56. The number of aliphatic hydroxyl groups excluding tert-OH is 1. The van der Waals surface area contributed by atoms with Crippen molar-refractivity contribution in [2.24, 2.45) is 0 Å². The van der Waals surface area contributed by atoms with E-state index in [1.165, 1.54) is 10.9 Å². The van der Waals surface area contributed by atoms with Crippen LogP contribution in [-0.2, 0) is 0 Å². The predicted octanol–water partition coefficient (Wildman–Crippen LogP) is -0.297. The zero-order valence-electron chi connectivity index (χ0n) is 10.4. The van der Waals surface area contributed by atoms with Gasteiger partial charge in [-0.1, -0.05) is 0 Å². The molecule has 0 aliphatic rings. The van der Waals surface area contributed by atoms with Gasteiger partial charge < -0.3 is 15.7 Å². The number of anilines is 2. The normalized spacial score (nSPS) is 11.0. The summed E-state index contributed by atoms with van der Waals surface area (Å²) in [5, 5.41) is 12.9. The number of aliphatic hydroxyl groups is 1. The van der Waals surface area contributed by atoms with E-state index in [2.05, 4.69) is 20.1 Å². The Balaban J connectivity index is 2.34. The lowest BCUT2D eigenvalue weighted by Crippen LogP contribution is -2.33. The summed E-state index contributed by atoms with van der Waals surface area (Å²) in [5.74, 6) is -0.0234. The van der Waals surface area contributed by atoms with Crippen molar-refractivity contribution in [2.45, 2.75) is 6.43 Å². The van der Waals surface area contributed by atoms with E-state index in [9.17, 15) is 8.78 Å². The number of hydrogen-bond acceptors (Lipinski definition) is 7. The van der Waals surface area contributed by atoms with Crippen molar-refractivity contribution in [1.82, 2.24) is 24.7 Å². The van der Waals surface area contributed by atoms with Crippen molar-refractivity contribution in [3.8, 4) is 5.95 Å². The first-order valence-electron chi connectivity index (χ1n) is 5.75. The van der Waals surface area contributed by atoms with Crippen LogP contribution in [0.1, 0.15) is 0 Å². The van der Waals surface area contributed by atoms with E-state index in [1.54, 1.807) is 12.3 Å². The number of hydrogen-bond donors (Lipinski definition) is 2. The minimum atomic E-state index is -2.59. The number of nitrogen functional groups attached to an aromatic ring is 1. The van der Waals surface area contributed by atoms with Crippen LogP contribution in [0.25, 0.3) is 5.95 Å². The molecule has 0 saturated heterocycles. The molecular weight excluding hydrogens is 272 g/mol. The minimum Gasteiger partial charge on any atom is -0.395 e. The Morgan fingerprint density at radius 3 is 2.75 bits per heavy atom. The van der Waals surface area contributed by atoms with Crippen LogP contribution >= 0.6 is 0 Å². The SMILES string of the molecule is Nc1nc(N(CCO)CC(F)F)nc(-n2cccn2)n1. The zero-order chi connectivity index (χ0) is 14.5. The van der Waals surface area contributed by atoms with Gasteiger partial charge in [0.2, 0.25) is 11.9 Å². The molecule has 0 saturated carbocycles. The van der Waals surface area contributed by atoms with Crippen LogP contribution in [0.4, 0.5) is 20.7 Å². The largest absolute Gasteiger partial charge is 0.395 e. The minimum absolute atomic E-state index is 0.0302. The van der Waals surface area contributed by atoms with Gasteiger partial charge in [-0.05, 0) is 6.07 Å². The summed E-state index contributed by atoms with van der Waals surface area (Å²) in [5.41, 5.74) is 5.55. The Morgan fingerprint density at radius 2 is 2.15 bits per heavy atom. The lowest BCUT2D eigenvalue weighted by molar-refractivity contribution is 0.152. The monoisotopic (exact) mass is 285 g/mol. The third kappa shape index (κ3) is 3.35. The first-order valence-corrected chi connectivity index (χ1v) is 5.75. The molecule has 0 aromatic carbocycles. The molecule has 2 heterocycles. The molecule has 10 heteroatoms. The predicted molar refractivity (Wildman–Crippen MR) is 66.7 cm³/mol. The van der Waals surface area contributed by atoms with Crippen LogP contribution in [0.15, 0.2) is 18.5 Å². The highest BCUT2D eigenvalue weighted by Crippen LogP contribution is 2.12. The van der Waals surface area contributed by atoms with Gasteiger partial charge in [0.25, 0.3) is 12.4 Å². The van der Waals surface area contributed by atoms with Gasteiger partial charge in [0, 0.05) is 18.9 Å². The molecule has 0 aliphatic heterocycles. The average Bonchev–Trinajstić information content (AvgIpc) is 2.91. The molecule has 8 nitrogen and oxygen atoms in total. The van der Waals surface area contributed by atoms with Gasteiger partial charge in [0.15, 0.2) is 0 Å². The molecule has 108 valence electrons. The lowest BCUT2D eigenvalue weighted by Gasteiger charge is -2.21. The van der Waals surface area contributed by atoms with Crippen molar-refractivity contribution < 1.29 is 13.9 Å². The zero-order valence-corrected chi connectivity index (χ0v) is 10.4. The highest BCUT2D eigenvalue weighted by molar-refractivity contribution is 5.37. The quantitative estimate of drug-likeness (QED) is 0.750. The Morgan fingerprint density at radius 1 is 1.35 bits per heavy atom. The van der Waals surface area contributed by atoms with Gasteiger partial charge in [-0.2, -0.15) is 20.1 Å². The van der Waals surface area contributed by atoms with E-state index >= 15 is 0 Å². The van der Waals surface area contributed by atoms with E-state index in [1.807, 2.05) is 0 Å². The van der Waals surface area contributed by atoms with Crippen LogP contribution in [0.3, 0.4) is 0 Å². The number of nitrogens with two attached hydrogens (primary N) is 1. The van der Waals surface area contributed by atoms with E-state index < -0.39 is 13.0 Å². The Labute approximate surface area is 112 Å². The third-order valence-electron chi connectivity index (χ3n) is 2.35. The summed E-state index contributed by atoms with van der Waals surface area (Å²) < 4.78 is 26.4. The smallest absolute Gasteiger partial charge is 0.257 e. The van der Waals surface area contributed by atoms with Crippen molar-refractivity contribution in [3.63, 3.8) is 0 Å². The van der Waals surface area contributed by atoms with E-state index in [-0.39, 0.29) is 31.0 Å². The fourth-order valence-corrected chi connectivity index (χ4v) is 1.56. The summed E-state index contributed by atoms with van der Waals surface area (Å²) in [6, 6.07) is 1.66. The number of halogens is 2. The van der Waals surface area contributed by atoms with Crippen LogP contribution in [-0.4, -0.2) is 56.0 Å². The maximum Gasteiger partial charge on any atom is 0.257 e. The number of alkyl halides is 2. The summed E-state index contributed by atoms with van der Waals surface area (Å²) in [4.78, 5) is 12.9. The van der Waals surface area contributed by atoms with Gasteiger partial charge in [0.1, 0.15) is 0 Å². The molecule has 0 spiro atoms. The first-order chi connectivity index (χ1) is 9.60. The van der Waals surface area contributed by atoms with Crippen molar-refractivity contribution in [3.05, 3.63) is 18.5 Å². The summed E-state index contributed by atoms with van der Waals surface area (Å²) >= 11 is 0. The molecule has 2 aromatic rings. The summed E-state index contributed by atoms with van der Waals surface area (Å²) in [6.07, 6.45) is 0.513. The second kappa shape index (κ2) is 6.19. The Kier molecular flexibility index (Phi) is 4.35. The fraction of sp³-hybridized carbons (Fsp3) is 0.400. The third-order valence-corrected chi connectivity index (χ3v) is 2.35. The maximum absolute atomic E-state index is 12.5. The van der Waals surface area contributed by atoms with Crippen molar-refractivity contribution in [1.29, 1.82) is 0 Å². The molecule has 20 heavy (non-hydrogen) atoms. The van der Waals surface area contributed by atoms with Gasteiger partial charge in [-0.25, -0.2) is 13.5 Å². The second-order valence-corrected chi connectivity index (χ2v) is 3.80. The molecule has 0 amide bonds. The molecule has 0 fully saturated rings. The average molecular weight is 285 g/mol. The molecule has 0 unspecified atom stereocenters. The molecular formula is C10H13F2N7O. The van der Waals surface area contributed by atoms with E-state index in [4.69, 9.17) is 10.8 Å². The molecule has 2 aromatic heterocycles. The summed E-state index contributed by atoms with van der Waals surface area (Å²) in [6.45, 7) is -0.954. The van der Waals surface area contributed by atoms with E-state index in [0.717, 1.165) is 4.90 Å². The molecule has 0 radical (unpaired) electrons. The first kappa shape index (κ1) is 14.1. The van der Waals surface area contributed by atoms with Gasteiger partial charge in [-0.15, -0.1) is 0 Å². The maximum atomic E-state index is 12.5.